The normalized spacial score (nSPS) is 31.6. The molecule has 0 aromatic rings. The van der Waals surface area contributed by atoms with Crippen molar-refractivity contribution in [1.29, 1.82) is 0 Å². The van der Waals surface area contributed by atoms with Gasteiger partial charge in [0.15, 0.2) is 5.83 Å². The molecule has 1 saturated carbocycles. The van der Waals surface area contributed by atoms with E-state index in [0.717, 1.165) is 0 Å². The molecule has 0 aromatic carbocycles. The molecule has 0 atom stereocenters. The monoisotopic (exact) mass is 486 g/mol. The second kappa shape index (κ2) is 5.52. The molecule has 0 unspecified atom stereocenters. The summed E-state index contributed by atoms with van der Waals surface area (Å²) in [5, 5.41) is 0. The van der Waals surface area contributed by atoms with Gasteiger partial charge < -0.3 is 0 Å². The van der Waals surface area contributed by atoms with Crippen LogP contribution in [0.15, 0.2) is 23.1 Å². The highest BCUT2D eigenvalue weighted by atomic mass is 19.4. The Bertz CT molecular complexity index is 807. The van der Waals surface area contributed by atoms with Crippen LogP contribution in [0.4, 0.5) is 79.0 Å². The van der Waals surface area contributed by atoms with E-state index >= 15 is 0 Å². The Morgan fingerprint density at radius 3 is 1.07 bits per heavy atom. The number of halogens is 18. The van der Waals surface area contributed by atoms with Crippen molar-refractivity contribution in [3.05, 3.63) is 23.1 Å². The van der Waals surface area contributed by atoms with Crippen LogP contribution in [-0.4, -0.2) is 47.1 Å². The zero-order valence-electron chi connectivity index (χ0n) is 12.8. The van der Waals surface area contributed by atoms with Gasteiger partial charge in [0.25, 0.3) is 11.7 Å². The van der Waals surface area contributed by atoms with E-state index in [2.05, 4.69) is 0 Å². The van der Waals surface area contributed by atoms with E-state index in [9.17, 15) is 79.0 Å². The topological polar surface area (TPSA) is 0 Å². The summed E-state index contributed by atoms with van der Waals surface area (Å²) < 4.78 is 241. The summed E-state index contributed by atoms with van der Waals surface area (Å²) in [6, 6.07) is 0. The summed E-state index contributed by atoms with van der Waals surface area (Å²) in [5.41, 5.74) is -17.0. The Kier molecular flexibility index (Phi) is 4.51. The zero-order valence-corrected chi connectivity index (χ0v) is 12.8. The minimum Gasteiger partial charge on any atom is -0.224 e. The van der Waals surface area contributed by atoms with Crippen LogP contribution in [0.2, 0.25) is 0 Å². The lowest BCUT2D eigenvalue weighted by Gasteiger charge is -2.52. The maximum absolute atomic E-state index is 14.6. The fourth-order valence-electron chi connectivity index (χ4n) is 2.79. The summed E-state index contributed by atoms with van der Waals surface area (Å²) in [6.45, 7) is 0. The predicted octanol–water partition coefficient (Wildman–Crippen LogP) is 6.54. The lowest BCUT2D eigenvalue weighted by Crippen LogP contribution is -2.84. The van der Waals surface area contributed by atoms with E-state index in [1.807, 2.05) is 0 Å². The van der Waals surface area contributed by atoms with Crippen LogP contribution < -0.4 is 0 Å². The molecular weight excluding hydrogens is 486 g/mol. The molecule has 18 heteroatoms. The molecule has 0 N–H and O–H groups in total. The number of rotatable bonds is 1. The molecular formula is C12F18. The van der Waals surface area contributed by atoms with Crippen molar-refractivity contribution in [3.63, 3.8) is 0 Å². The quantitative estimate of drug-likeness (QED) is 0.370. The van der Waals surface area contributed by atoms with Gasteiger partial charge in [-0.05, 0) is 0 Å². The highest BCUT2D eigenvalue weighted by Gasteiger charge is 3.02. The van der Waals surface area contributed by atoms with E-state index in [1.165, 1.54) is 0 Å². The first kappa shape index (κ1) is 24.5. The SMILES string of the molecule is FC(F)=C1C(C2(F)C(F)(F)C(F)(F)C(F)(F)C(F)(F)C2(F)F)=C(F)C(F)(F)C1(F)F. The average molecular weight is 486 g/mol. The van der Waals surface area contributed by atoms with Crippen molar-refractivity contribution in [1.82, 2.24) is 0 Å². The highest BCUT2D eigenvalue weighted by Crippen LogP contribution is 2.74. The largest absolute Gasteiger partial charge is 0.384 e. The molecule has 30 heavy (non-hydrogen) atoms. The van der Waals surface area contributed by atoms with Gasteiger partial charge in [-0.25, -0.2) is 8.78 Å². The molecule has 0 heterocycles. The van der Waals surface area contributed by atoms with Crippen molar-refractivity contribution in [3.8, 4) is 0 Å². The third-order valence-electron chi connectivity index (χ3n) is 4.43. The van der Waals surface area contributed by atoms with Gasteiger partial charge in [0.2, 0.25) is 0 Å². The Morgan fingerprint density at radius 2 is 0.767 bits per heavy atom. The molecule has 2 rings (SSSR count). The van der Waals surface area contributed by atoms with Crippen LogP contribution in [0.5, 0.6) is 0 Å². The molecule has 0 saturated heterocycles. The molecule has 2 aliphatic carbocycles. The van der Waals surface area contributed by atoms with Gasteiger partial charge >= 0.3 is 41.5 Å². The van der Waals surface area contributed by atoms with E-state index in [4.69, 9.17) is 0 Å². The van der Waals surface area contributed by atoms with E-state index < -0.39 is 70.2 Å². The van der Waals surface area contributed by atoms with Gasteiger partial charge in [0.1, 0.15) is 5.57 Å². The standard InChI is InChI=1S/C12F18/c13-3-1(2(4(14)15)6(17,18)7(3,19)20)5(16)8(21,22)10(25,26)12(29,30)11(27,28)9(5,23)24. The maximum Gasteiger partial charge on any atom is 0.384 e. The molecule has 174 valence electrons. The number of hydrogen-bond acceptors (Lipinski definition) is 0. The van der Waals surface area contributed by atoms with Crippen LogP contribution in [-0.2, 0) is 0 Å². The van der Waals surface area contributed by atoms with E-state index in [1.54, 1.807) is 0 Å². The van der Waals surface area contributed by atoms with Gasteiger partial charge in [-0.3, -0.25) is 0 Å². The van der Waals surface area contributed by atoms with Crippen LogP contribution in [0.25, 0.3) is 0 Å². The van der Waals surface area contributed by atoms with Crippen molar-refractivity contribution < 1.29 is 79.0 Å². The van der Waals surface area contributed by atoms with Crippen LogP contribution in [0, 0.1) is 0 Å². The van der Waals surface area contributed by atoms with Crippen molar-refractivity contribution in [2.75, 3.05) is 0 Å². The molecule has 0 aromatic heterocycles. The maximum atomic E-state index is 14.6. The Balaban J connectivity index is 3.15. The fourth-order valence-corrected chi connectivity index (χ4v) is 2.79. The van der Waals surface area contributed by atoms with E-state index in [-0.39, 0.29) is 0 Å². The minimum atomic E-state index is -8.11. The first-order chi connectivity index (χ1) is 12.8. The van der Waals surface area contributed by atoms with Crippen molar-refractivity contribution in [2.45, 2.75) is 47.1 Å². The summed E-state index contributed by atoms with van der Waals surface area (Å²) >= 11 is 0. The molecule has 0 radical (unpaired) electrons. The predicted molar refractivity (Wildman–Crippen MR) is 55.8 cm³/mol. The summed E-state index contributed by atoms with van der Waals surface area (Å²) in [4.78, 5) is 0. The lowest BCUT2D eigenvalue weighted by atomic mass is 9.67. The first-order valence-electron chi connectivity index (χ1n) is 6.65. The third kappa shape index (κ3) is 2.00. The van der Waals surface area contributed by atoms with Gasteiger partial charge in [-0.15, -0.1) is 0 Å². The summed E-state index contributed by atoms with van der Waals surface area (Å²) in [6.07, 6.45) is -4.56. The zero-order chi connectivity index (χ0) is 24.3. The summed E-state index contributed by atoms with van der Waals surface area (Å²) in [5.74, 6) is -58.7. The van der Waals surface area contributed by atoms with Gasteiger partial charge in [0.05, 0.1) is 5.57 Å². The van der Waals surface area contributed by atoms with Crippen LogP contribution >= 0.6 is 0 Å². The lowest BCUT2D eigenvalue weighted by molar-refractivity contribution is -0.478. The van der Waals surface area contributed by atoms with Crippen molar-refractivity contribution in [2.24, 2.45) is 0 Å². The number of alkyl halides is 15. The number of allylic oxidation sites excluding steroid dienone is 3. The second-order valence-corrected chi connectivity index (χ2v) is 6.00. The summed E-state index contributed by atoms with van der Waals surface area (Å²) in [7, 11) is 0. The van der Waals surface area contributed by atoms with Gasteiger partial charge in [0, 0.05) is 0 Å². The molecule has 0 bridgehead atoms. The van der Waals surface area contributed by atoms with Gasteiger partial charge in [-0.1, -0.05) is 0 Å². The second-order valence-electron chi connectivity index (χ2n) is 6.00. The smallest absolute Gasteiger partial charge is 0.224 e. The van der Waals surface area contributed by atoms with Crippen LogP contribution in [0.1, 0.15) is 0 Å². The molecule has 0 spiro atoms. The van der Waals surface area contributed by atoms with Crippen LogP contribution in [0.3, 0.4) is 0 Å². The Morgan fingerprint density at radius 1 is 0.467 bits per heavy atom. The number of hydrogen-bond donors (Lipinski definition) is 0. The Hall–Kier alpha value is -1.78. The highest BCUT2D eigenvalue weighted by molar-refractivity contribution is 5.59. The molecule has 0 amide bonds. The third-order valence-corrected chi connectivity index (χ3v) is 4.43. The van der Waals surface area contributed by atoms with E-state index in [0.29, 0.717) is 0 Å². The molecule has 1 fully saturated rings. The minimum absolute atomic E-state index is 4.41. The molecule has 0 nitrogen and oxygen atoms in total. The fraction of sp³-hybridized carbons (Fsp3) is 0.667. The first-order valence-corrected chi connectivity index (χ1v) is 6.65. The van der Waals surface area contributed by atoms with Crippen molar-refractivity contribution >= 4 is 0 Å². The van der Waals surface area contributed by atoms with Gasteiger partial charge in [-0.2, -0.15) is 70.2 Å². The average Bonchev–Trinajstić information content (AvgIpc) is 2.68. The molecule has 0 aliphatic heterocycles. The Labute approximate surface area is 150 Å². The molecule has 2 aliphatic rings.